The number of hydrogen-bond acceptors (Lipinski definition) is 5. The molecule has 0 radical (unpaired) electrons. The number of nitrogens with zero attached hydrogens (tertiary/aromatic N) is 2. The summed E-state index contributed by atoms with van der Waals surface area (Å²) in [6, 6.07) is 13.7. The molecule has 2 aromatic carbocycles. The van der Waals surface area contributed by atoms with Crippen molar-refractivity contribution in [3.63, 3.8) is 0 Å². The Morgan fingerprint density at radius 2 is 1.81 bits per heavy atom. The first-order valence-electron chi connectivity index (χ1n) is 8.52. The van der Waals surface area contributed by atoms with Gasteiger partial charge in [-0.3, -0.25) is 19.8 Å². The van der Waals surface area contributed by atoms with Gasteiger partial charge in [-0.25, -0.2) is 0 Å². The summed E-state index contributed by atoms with van der Waals surface area (Å²) < 4.78 is 5.36. The van der Waals surface area contributed by atoms with Crippen molar-refractivity contribution in [3.8, 4) is 0 Å². The van der Waals surface area contributed by atoms with E-state index in [1.165, 1.54) is 29.8 Å². The lowest BCUT2D eigenvalue weighted by Gasteiger charge is -2.26. The summed E-state index contributed by atoms with van der Waals surface area (Å²) in [5.74, 6) is -0.251. The summed E-state index contributed by atoms with van der Waals surface area (Å²) in [7, 11) is 0. The highest BCUT2D eigenvalue weighted by Crippen LogP contribution is 2.13. The Balaban J connectivity index is 1.56. The summed E-state index contributed by atoms with van der Waals surface area (Å²) in [4.78, 5) is 24.7. The van der Waals surface area contributed by atoms with E-state index in [4.69, 9.17) is 4.74 Å². The summed E-state index contributed by atoms with van der Waals surface area (Å²) >= 11 is 0. The van der Waals surface area contributed by atoms with Crippen LogP contribution in [0.2, 0.25) is 0 Å². The van der Waals surface area contributed by atoms with Crippen LogP contribution in [0.1, 0.15) is 21.5 Å². The minimum atomic E-state index is -0.484. The fourth-order valence-corrected chi connectivity index (χ4v) is 2.87. The highest BCUT2D eigenvalue weighted by Gasteiger charge is 2.12. The van der Waals surface area contributed by atoms with Crippen LogP contribution in [0.3, 0.4) is 0 Å². The highest BCUT2D eigenvalue weighted by molar-refractivity contribution is 5.94. The summed E-state index contributed by atoms with van der Waals surface area (Å²) in [6.45, 7) is 4.68. The standard InChI is InChI=1S/C19H21N3O4/c23-19(17-4-6-18(7-5-17)22(24)25)20-13-15-2-1-3-16(12-15)14-21-8-10-26-11-9-21/h1-7,12H,8-11,13-14H2,(H,20,23). The number of nitro benzene ring substituents is 1. The molecule has 0 aromatic heterocycles. The fraction of sp³-hybridized carbons (Fsp3) is 0.316. The Bertz CT molecular complexity index is 771. The zero-order valence-corrected chi connectivity index (χ0v) is 14.4. The van der Waals surface area contributed by atoms with Gasteiger partial charge in [-0.15, -0.1) is 0 Å². The topological polar surface area (TPSA) is 84.7 Å². The fourth-order valence-electron chi connectivity index (χ4n) is 2.87. The van der Waals surface area contributed by atoms with Gasteiger partial charge in [0, 0.05) is 43.9 Å². The van der Waals surface area contributed by atoms with Gasteiger partial charge in [0.1, 0.15) is 0 Å². The van der Waals surface area contributed by atoms with E-state index in [2.05, 4.69) is 22.3 Å². The molecule has 1 saturated heterocycles. The molecule has 26 heavy (non-hydrogen) atoms. The molecule has 136 valence electrons. The van der Waals surface area contributed by atoms with Gasteiger partial charge in [0.25, 0.3) is 11.6 Å². The van der Waals surface area contributed by atoms with Gasteiger partial charge in [-0.05, 0) is 23.3 Å². The summed E-state index contributed by atoms with van der Waals surface area (Å²) in [5.41, 5.74) is 2.59. The quantitative estimate of drug-likeness (QED) is 0.635. The third-order valence-corrected chi connectivity index (χ3v) is 4.29. The smallest absolute Gasteiger partial charge is 0.269 e. The first-order chi connectivity index (χ1) is 12.6. The third-order valence-electron chi connectivity index (χ3n) is 4.29. The molecule has 0 saturated carbocycles. The van der Waals surface area contributed by atoms with E-state index in [0.29, 0.717) is 12.1 Å². The van der Waals surface area contributed by atoms with Gasteiger partial charge >= 0.3 is 0 Å². The van der Waals surface area contributed by atoms with Crippen LogP contribution in [-0.2, 0) is 17.8 Å². The minimum Gasteiger partial charge on any atom is -0.379 e. The van der Waals surface area contributed by atoms with Crippen LogP contribution in [0.4, 0.5) is 5.69 Å². The average Bonchev–Trinajstić information content (AvgIpc) is 2.67. The lowest BCUT2D eigenvalue weighted by atomic mass is 10.1. The number of nitrogens with one attached hydrogen (secondary N) is 1. The number of amides is 1. The SMILES string of the molecule is O=C(NCc1cccc(CN2CCOCC2)c1)c1ccc([N+](=O)[O-])cc1. The number of ether oxygens (including phenoxy) is 1. The second-order valence-electron chi connectivity index (χ2n) is 6.20. The molecule has 1 amide bonds. The predicted molar refractivity (Wildman–Crippen MR) is 96.8 cm³/mol. The van der Waals surface area contributed by atoms with E-state index in [9.17, 15) is 14.9 Å². The van der Waals surface area contributed by atoms with Crippen LogP contribution in [0.15, 0.2) is 48.5 Å². The van der Waals surface area contributed by atoms with Crippen molar-refractivity contribution in [3.05, 3.63) is 75.3 Å². The van der Waals surface area contributed by atoms with Crippen LogP contribution >= 0.6 is 0 Å². The van der Waals surface area contributed by atoms with Crippen molar-refractivity contribution in [2.45, 2.75) is 13.1 Å². The first-order valence-corrected chi connectivity index (χ1v) is 8.52. The highest BCUT2D eigenvalue weighted by atomic mass is 16.6. The van der Waals surface area contributed by atoms with E-state index < -0.39 is 4.92 Å². The molecule has 1 aliphatic rings. The second kappa shape index (κ2) is 8.55. The van der Waals surface area contributed by atoms with Crippen molar-refractivity contribution in [1.29, 1.82) is 0 Å². The second-order valence-corrected chi connectivity index (χ2v) is 6.20. The monoisotopic (exact) mass is 355 g/mol. The van der Waals surface area contributed by atoms with E-state index in [1.54, 1.807) is 0 Å². The molecule has 0 aliphatic carbocycles. The van der Waals surface area contributed by atoms with Crippen molar-refractivity contribution in [1.82, 2.24) is 10.2 Å². The van der Waals surface area contributed by atoms with Gasteiger partial charge in [0.2, 0.25) is 0 Å². The number of nitro groups is 1. The van der Waals surface area contributed by atoms with Crippen molar-refractivity contribution >= 4 is 11.6 Å². The van der Waals surface area contributed by atoms with Crippen molar-refractivity contribution in [2.24, 2.45) is 0 Å². The third kappa shape index (κ3) is 4.87. The van der Waals surface area contributed by atoms with Gasteiger partial charge < -0.3 is 10.1 Å². The molecular formula is C19H21N3O4. The molecule has 0 spiro atoms. The van der Waals surface area contributed by atoms with Crippen LogP contribution in [0.5, 0.6) is 0 Å². The van der Waals surface area contributed by atoms with Crippen LogP contribution in [-0.4, -0.2) is 42.0 Å². The van der Waals surface area contributed by atoms with E-state index in [1.807, 2.05) is 12.1 Å². The summed E-state index contributed by atoms with van der Waals surface area (Å²) in [5, 5.41) is 13.5. The Kier molecular flexibility index (Phi) is 5.93. The zero-order chi connectivity index (χ0) is 18.4. The molecule has 2 aromatic rings. The average molecular weight is 355 g/mol. The molecule has 0 unspecified atom stereocenters. The summed E-state index contributed by atoms with van der Waals surface area (Å²) in [6.07, 6.45) is 0. The maximum atomic E-state index is 12.2. The lowest BCUT2D eigenvalue weighted by Crippen LogP contribution is -2.35. The molecule has 3 rings (SSSR count). The number of morpholine rings is 1. The Labute approximate surface area is 151 Å². The number of rotatable bonds is 6. The maximum absolute atomic E-state index is 12.2. The van der Waals surface area contributed by atoms with Crippen LogP contribution in [0, 0.1) is 10.1 Å². The Morgan fingerprint density at radius 3 is 2.50 bits per heavy atom. The Hall–Kier alpha value is -2.77. The first kappa shape index (κ1) is 18.0. The molecule has 1 aliphatic heterocycles. The molecule has 7 nitrogen and oxygen atoms in total. The molecule has 0 atom stereocenters. The van der Waals surface area contributed by atoms with Gasteiger partial charge in [-0.1, -0.05) is 24.3 Å². The number of benzene rings is 2. The zero-order valence-electron chi connectivity index (χ0n) is 14.4. The van der Waals surface area contributed by atoms with Gasteiger partial charge in [0.05, 0.1) is 18.1 Å². The Morgan fingerprint density at radius 1 is 1.12 bits per heavy atom. The maximum Gasteiger partial charge on any atom is 0.269 e. The van der Waals surface area contributed by atoms with Crippen molar-refractivity contribution < 1.29 is 14.5 Å². The molecule has 0 bridgehead atoms. The lowest BCUT2D eigenvalue weighted by molar-refractivity contribution is -0.384. The molecule has 1 N–H and O–H groups in total. The number of hydrogen-bond donors (Lipinski definition) is 1. The molecular weight excluding hydrogens is 334 g/mol. The number of carbonyl (C=O) groups is 1. The van der Waals surface area contributed by atoms with E-state index in [0.717, 1.165) is 38.4 Å². The van der Waals surface area contributed by atoms with Gasteiger partial charge in [-0.2, -0.15) is 0 Å². The number of carbonyl (C=O) groups excluding carboxylic acids is 1. The molecule has 1 fully saturated rings. The molecule has 1 heterocycles. The van der Waals surface area contributed by atoms with E-state index >= 15 is 0 Å². The van der Waals surface area contributed by atoms with Crippen molar-refractivity contribution in [2.75, 3.05) is 26.3 Å². The number of non-ortho nitro benzene ring substituents is 1. The van der Waals surface area contributed by atoms with E-state index in [-0.39, 0.29) is 11.6 Å². The largest absolute Gasteiger partial charge is 0.379 e. The van der Waals surface area contributed by atoms with Crippen LogP contribution in [0.25, 0.3) is 0 Å². The van der Waals surface area contributed by atoms with Crippen LogP contribution < -0.4 is 5.32 Å². The normalized spacial score (nSPS) is 14.8. The molecule has 7 heteroatoms. The minimum absolute atomic E-state index is 0.0302. The van der Waals surface area contributed by atoms with Gasteiger partial charge in [0.15, 0.2) is 0 Å². The predicted octanol–water partition coefficient (Wildman–Crippen LogP) is 2.36.